The first-order valence-corrected chi connectivity index (χ1v) is 10.7. The number of esters is 1. The largest absolute Gasteiger partial charge is 0.481 e. The summed E-state index contributed by atoms with van der Waals surface area (Å²) in [4.78, 5) is 20.8. The number of ether oxygens (including phenoxy) is 1. The molecule has 0 spiro atoms. The third-order valence-corrected chi connectivity index (χ3v) is 4.43. The van der Waals surface area contributed by atoms with E-state index in [0.717, 1.165) is 32.1 Å². The summed E-state index contributed by atoms with van der Waals surface area (Å²) < 4.78 is 4.89. The van der Waals surface area contributed by atoms with Gasteiger partial charge in [0.2, 0.25) is 0 Å². The molecule has 0 aromatic rings. The summed E-state index contributed by atoms with van der Waals surface area (Å²) in [6.07, 6.45) is 12.2. The molecule has 0 bridgehead atoms. The van der Waals surface area contributed by atoms with Gasteiger partial charge in [-0.3, -0.25) is 9.59 Å². The molecule has 0 aromatic carbocycles. The van der Waals surface area contributed by atoms with Gasteiger partial charge in [-0.2, -0.15) is 0 Å². The molecule has 4 heteroatoms. The van der Waals surface area contributed by atoms with Crippen LogP contribution in [0.15, 0.2) is 23.3 Å². The Kier molecular flexibility index (Phi) is 19.2. The van der Waals surface area contributed by atoms with Gasteiger partial charge in [-0.1, -0.05) is 43.6 Å². The van der Waals surface area contributed by atoms with Crippen molar-refractivity contribution < 1.29 is 19.4 Å². The van der Waals surface area contributed by atoms with Gasteiger partial charge in [-0.25, -0.2) is 0 Å². The van der Waals surface area contributed by atoms with E-state index < -0.39 is 5.97 Å². The number of rotatable bonds is 13. The highest BCUT2D eigenvalue weighted by Gasteiger charge is 2.03. The fraction of sp³-hybridized carbons (Fsp3) is 0.750. The summed E-state index contributed by atoms with van der Waals surface area (Å²) in [6.45, 7) is 14.8. The molecule has 2 atom stereocenters. The Morgan fingerprint density at radius 1 is 0.821 bits per heavy atom. The van der Waals surface area contributed by atoms with E-state index in [1.807, 2.05) is 0 Å². The fourth-order valence-corrected chi connectivity index (χ4v) is 2.61. The van der Waals surface area contributed by atoms with Crippen LogP contribution >= 0.6 is 0 Å². The van der Waals surface area contributed by atoms with Crippen LogP contribution in [0.2, 0.25) is 0 Å². The third kappa shape index (κ3) is 26.6. The molecule has 2 unspecified atom stereocenters. The lowest BCUT2D eigenvalue weighted by molar-refractivity contribution is -0.141. The molecule has 28 heavy (non-hydrogen) atoms. The quantitative estimate of drug-likeness (QED) is 0.270. The molecule has 0 saturated heterocycles. The Morgan fingerprint density at radius 3 is 1.68 bits per heavy atom. The molecular weight excluding hydrogens is 352 g/mol. The van der Waals surface area contributed by atoms with E-state index in [2.05, 4.69) is 53.7 Å². The van der Waals surface area contributed by atoms with Gasteiger partial charge in [0.05, 0.1) is 6.61 Å². The summed E-state index contributed by atoms with van der Waals surface area (Å²) in [5.41, 5.74) is 2.74. The number of carboxylic acid groups (broad SMARTS) is 1. The van der Waals surface area contributed by atoms with Crippen molar-refractivity contribution in [3.05, 3.63) is 23.3 Å². The van der Waals surface area contributed by atoms with Crippen molar-refractivity contribution in [2.45, 2.75) is 99.8 Å². The van der Waals surface area contributed by atoms with E-state index in [-0.39, 0.29) is 5.97 Å². The first-order valence-electron chi connectivity index (χ1n) is 10.7. The van der Waals surface area contributed by atoms with Gasteiger partial charge >= 0.3 is 11.9 Å². The molecule has 164 valence electrons. The summed E-state index contributed by atoms with van der Waals surface area (Å²) in [5, 5.41) is 8.47. The van der Waals surface area contributed by atoms with Crippen LogP contribution in [0.4, 0.5) is 0 Å². The van der Waals surface area contributed by atoms with Gasteiger partial charge in [-0.05, 0) is 78.1 Å². The van der Waals surface area contributed by atoms with Crippen molar-refractivity contribution in [2.24, 2.45) is 11.8 Å². The van der Waals surface area contributed by atoms with Crippen molar-refractivity contribution in [3.8, 4) is 0 Å². The molecule has 0 heterocycles. The zero-order valence-corrected chi connectivity index (χ0v) is 19.3. The Labute approximate surface area is 173 Å². The van der Waals surface area contributed by atoms with Gasteiger partial charge < -0.3 is 9.84 Å². The van der Waals surface area contributed by atoms with Crippen LogP contribution in [0.3, 0.4) is 0 Å². The normalized spacial score (nSPS) is 12.1. The summed E-state index contributed by atoms with van der Waals surface area (Å²) in [5.74, 6) is 0.415. The minimum Gasteiger partial charge on any atom is -0.481 e. The maximum Gasteiger partial charge on any atom is 0.303 e. The zero-order valence-electron chi connectivity index (χ0n) is 19.3. The van der Waals surface area contributed by atoms with E-state index in [1.165, 1.54) is 30.9 Å². The van der Waals surface area contributed by atoms with Crippen molar-refractivity contribution in [3.63, 3.8) is 0 Å². The summed E-state index contributed by atoms with van der Waals surface area (Å²) in [7, 11) is 0. The lowest BCUT2D eigenvalue weighted by Gasteiger charge is -2.09. The fourth-order valence-electron chi connectivity index (χ4n) is 2.61. The van der Waals surface area contributed by atoms with E-state index in [4.69, 9.17) is 9.84 Å². The second kappa shape index (κ2) is 18.8. The highest BCUT2D eigenvalue weighted by molar-refractivity contribution is 5.66. The zero-order chi connectivity index (χ0) is 21.9. The maximum atomic E-state index is 10.5. The molecule has 0 aromatic heterocycles. The smallest absolute Gasteiger partial charge is 0.303 e. The van der Waals surface area contributed by atoms with Crippen molar-refractivity contribution in [1.82, 2.24) is 0 Å². The van der Waals surface area contributed by atoms with Crippen molar-refractivity contribution in [2.75, 3.05) is 6.61 Å². The van der Waals surface area contributed by atoms with Gasteiger partial charge in [0, 0.05) is 13.3 Å². The standard InChI is InChI=1S/2C12H22O2/c1-10(2)6-5-7-11(3)8-9-14-12(4)13;1-10(2)6-4-7-11(3)8-5-9-12(13)14/h6,11H,5,7-9H2,1-4H3;6,11H,4-5,7-9H2,1-3H3,(H,13,14). The second-order valence-corrected chi connectivity index (χ2v) is 8.34. The van der Waals surface area contributed by atoms with Crippen LogP contribution < -0.4 is 0 Å². The first kappa shape index (κ1) is 28.6. The molecular formula is C24H44O4. The van der Waals surface area contributed by atoms with Crippen LogP contribution in [0.25, 0.3) is 0 Å². The molecule has 0 aliphatic carbocycles. The topological polar surface area (TPSA) is 63.6 Å². The molecule has 0 rings (SSSR count). The predicted molar refractivity (Wildman–Crippen MR) is 118 cm³/mol. The van der Waals surface area contributed by atoms with Crippen LogP contribution in [0.1, 0.15) is 99.8 Å². The summed E-state index contributed by atoms with van der Waals surface area (Å²) >= 11 is 0. The predicted octanol–water partition coefficient (Wildman–Crippen LogP) is 6.95. The van der Waals surface area contributed by atoms with Gasteiger partial charge in [0.15, 0.2) is 0 Å². The van der Waals surface area contributed by atoms with Crippen LogP contribution in [0.5, 0.6) is 0 Å². The molecule has 0 aliphatic heterocycles. The van der Waals surface area contributed by atoms with Gasteiger partial charge in [0.25, 0.3) is 0 Å². The molecule has 1 N–H and O–H groups in total. The second-order valence-electron chi connectivity index (χ2n) is 8.34. The minimum absolute atomic E-state index is 0.179. The number of carbonyl (C=O) groups is 2. The van der Waals surface area contributed by atoms with Gasteiger partial charge in [0.1, 0.15) is 0 Å². The highest BCUT2D eigenvalue weighted by atomic mass is 16.5. The highest BCUT2D eigenvalue weighted by Crippen LogP contribution is 2.15. The average Bonchev–Trinajstić information content (AvgIpc) is 2.54. The SMILES string of the molecule is CC(=O)OCCC(C)CCC=C(C)C.CC(C)=CCCC(C)CCCC(=O)O. The number of allylic oxidation sites excluding steroid dienone is 4. The molecule has 0 amide bonds. The van der Waals surface area contributed by atoms with Crippen molar-refractivity contribution in [1.29, 1.82) is 0 Å². The lowest BCUT2D eigenvalue weighted by Crippen LogP contribution is -2.05. The number of hydrogen-bond donors (Lipinski definition) is 1. The molecule has 0 radical (unpaired) electrons. The number of hydrogen-bond acceptors (Lipinski definition) is 3. The third-order valence-electron chi connectivity index (χ3n) is 4.43. The van der Waals surface area contributed by atoms with E-state index in [1.54, 1.807) is 0 Å². The number of aliphatic carboxylic acids is 1. The number of carbonyl (C=O) groups excluding carboxylic acids is 1. The molecule has 4 nitrogen and oxygen atoms in total. The Hall–Kier alpha value is -1.58. The average molecular weight is 397 g/mol. The lowest BCUT2D eigenvalue weighted by atomic mass is 9.98. The minimum atomic E-state index is -0.679. The van der Waals surface area contributed by atoms with Gasteiger partial charge in [-0.15, -0.1) is 0 Å². The molecule has 0 saturated carbocycles. The number of carboxylic acids is 1. The maximum absolute atomic E-state index is 10.5. The van der Waals surface area contributed by atoms with E-state index in [9.17, 15) is 9.59 Å². The Bertz CT molecular complexity index is 425. The first-order chi connectivity index (χ1) is 13.0. The van der Waals surface area contributed by atoms with E-state index in [0.29, 0.717) is 24.9 Å². The van der Waals surface area contributed by atoms with Crippen LogP contribution in [-0.2, 0) is 14.3 Å². The Balaban J connectivity index is 0. The molecule has 0 aliphatic rings. The van der Waals surface area contributed by atoms with Crippen molar-refractivity contribution >= 4 is 11.9 Å². The van der Waals surface area contributed by atoms with E-state index >= 15 is 0 Å². The monoisotopic (exact) mass is 396 g/mol. The Morgan fingerprint density at radius 2 is 1.29 bits per heavy atom. The van der Waals surface area contributed by atoms with Crippen LogP contribution in [0, 0.1) is 11.8 Å². The van der Waals surface area contributed by atoms with Crippen LogP contribution in [-0.4, -0.2) is 23.7 Å². The molecule has 0 fully saturated rings. The summed E-state index contributed by atoms with van der Waals surface area (Å²) in [6, 6.07) is 0.